The van der Waals surface area contributed by atoms with E-state index in [1.54, 1.807) is 0 Å². The Morgan fingerprint density at radius 1 is 1.30 bits per heavy atom. The van der Waals surface area contributed by atoms with Crippen molar-refractivity contribution in [1.29, 1.82) is 5.26 Å². The van der Waals surface area contributed by atoms with Gasteiger partial charge in [0.1, 0.15) is 11.8 Å². The van der Waals surface area contributed by atoms with Crippen LogP contribution in [0.4, 0.5) is 0 Å². The number of nitriles is 1. The summed E-state index contributed by atoms with van der Waals surface area (Å²) in [6.07, 6.45) is 0. The van der Waals surface area contributed by atoms with E-state index in [0.29, 0.717) is 5.56 Å². The molecule has 1 amide bonds. The number of carbonyl (C=O) groups excluding carboxylic acids is 1. The van der Waals surface area contributed by atoms with Crippen LogP contribution in [0, 0.1) is 11.3 Å². The lowest BCUT2D eigenvalue weighted by Gasteiger charge is -2.32. The van der Waals surface area contributed by atoms with E-state index in [2.05, 4.69) is 4.98 Å². The lowest BCUT2D eigenvalue weighted by molar-refractivity contribution is 0.00578. The average molecular weight is 273 g/mol. The topological polar surface area (TPSA) is 98.2 Å². The fourth-order valence-electron chi connectivity index (χ4n) is 1.84. The number of hydrogen-bond donors (Lipinski definition) is 1. The number of hydrogen-bond acceptors (Lipinski definition) is 5. The first kappa shape index (κ1) is 14.5. The number of amides is 1. The molecule has 1 saturated heterocycles. The molecule has 0 spiro atoms. The standard InChI is InChI=1S/C13H16BN3O3/c1-12(2)13(3,4)20-14(19-12)10-8(7-15)5-6-9(17-10)11(16)18/h5-6H,1-4H3,(H2,16,18). The summed E-state index contributed by atoms with van der Waals surface area (Å²) in [7, 11) is -0.797. The summed E-state index contributed by atoms with van der Waals surface area (Å²) in [4.78, 5) is 15.3. The molecule has 1 fully saturated rings. The quantitative estimate of drug-likeness (QED) is 0.784. The molecule has 0 saturated carbocycles. The zero-order chi connectivity index (χ0) is 15.1. The fourth-order valence-corrected chi connectivity index (χ4v) is 1.84. The van der Waals surface area contributed by atoms with Gasteiger partial charge in [-0.1, -0.05) is 0 Å². The largest absolute Gasteiger partial charge is 0.515 e. The molecule has 0 radical (unpaired) electrons. The van der Waals surface area contributed by atoms with Gasteiger partial charge in [-0.05, 0) is 39.8 Å². The van der Waals surface area contributed by atoms with Crippen molar-refractivity contribution in [1.82, 2.24) is 4.98 Å². The first-order valence-electron chi connectivity index (χ1n) is 6.24. The Balaban J connectivity index is 2.46. The molecule has 0 atom stereocenters. The van der Waals surface area contributed by atoms with Gasteiger partial charge in [-0.15, -0.1) is 0 Å². The number of primary amides is 1. The minimum Gasteiger partial charge on any atom is -0.398 e. The minimum atomic E-state index is -0.797. The lowest BCUT2D eigenvalue weighted by atomic mass is 9.81. The first-order valence-corrected chi connectivity index (χ1v) is 6.24. The van der Waals surface area contributed by atoms with Gasteiger partial charge in [0.2, 0.25) is 0 Å². The minimum absolute atomic E-state index is 0.0775. The van der Waals surface area contributed by atoms with Crippen LogP contribution in [0.2, 0.25) is 0 Å². The van der Waals surface area contributed by atoms with E-state index >= 15 is 0 Å². The third-order valence-electron chi connectivity index (χ3n) is 3.77. The van der Waals surface area contributed by atoms with E-state index in [9.17, 15) is 4.79 Å². The Labute approximate surface area is 118 Å². The molecule has 6 nitrogen and oxygen atoms in total. The SMILES string of the molecule is CC1(C)OB(c2nc(C(N)=O)ccc2C#N)OC1(C)C. The van der Waals surface area contributed by atoms with Gasteiger partial charge < -0.3 is 15.0 Å². The number of nitrogens with two attached hydrogens (primary N) is 1. The highest BCUT2D eigenvalue weighted by Crippen LogP contribution is 2.36. The van der Waals surface area contributed by atoms with Crippen LogP contribution >= 0.6 is 0 Å². The second kappa shape index (κ2) is 4.58. The summed E-state index contributed by atoms with van der Waals surface area (Å²) in [5, 5.41) is 9.15. The van der Waals surface area contributed by atoms with Gasteiger partial charge >= 0.3 is 7.12 Å². The molecule has 2 rings (SSSR count). The predicted molar refractivity (Wildman–Crippen MR) is 73.2 cm³/mol. The molecule has 0 unspecified atom stereocenters. The van der Waals surface area contributed by atoms with Gasteiger partial charge in [0.25, 0.3) is 5.91 Å². The van der Waals surface area contributed by atoms with Crippen LogP contribution < -0.4 is 11.3 Å². The van der Waals surface area contributed by atoms with E-state index in [1.165, 1.54) is 12.1 Å². The Hall–Kier alpha value is -1.91. The molecule has 1 aromatic rings. The highest BCUT2D eigenvalue weighted by molar-refractivity contribution is 6.61. The van der Waals surface area contributed by atoms with E-state index in [1.807, 2.05) is 33.8 Å². The Kier molecular flexibility index (Phi) is 3.32. The second-order valence-electron chi connectivity index (χ2n) is 5.69. The molecular formula is C13H16BN3O3. The fraction of sp³-hybridized carbons (Fsp3) is 0.462. The highest BCUT2D eigenvalue weighted by atomic mass is 16.7. The third kappa shape index (κ3) is 2.28. The van der Waals surface area contributed by atoms with Gasteiger partial charge in [0, 0.05) is 0 Å². The van der Waals surface area contributed by atoms with Crippen molar-refractivity contribution in [3.8, 4) is 6.07 Å². The number of rotatable bonds is 2. The summed E-state index contributed by atoms with van der Waals surface area (Å²) in [5.41, 5.74) is 4.78. The maximum absolute atomic E-state index is 11.2. The molecule has 0 aromatic carbocycles. The van der Waals surface area contributed by atoms with E-state index in [4.69, 9.17) is 20.3 Å². The Morgan fingerprint density at radius 2 is 1.85 bits per heavy atom. The van der Waals surface area contributed by atoms with Crippen molar-refractivity contribution in [2.24, 2.45) is 5.73 Å². The Morgan fingerprint density at radius 3 is 2.30 bits per heavy atom. The second-order valence-corrected chi connectivity index (χ2v) is 5.69. The molecule has 0 bridgehead atoms. The molecule has 7 heteroatoms. The van der Waals surface area contributed by atoms with Crippen LogP contribution in [0.15, 0.2) is 12.1 Å². The number of aromatic nitrogens is 1. The maximum Gasteiger partial charge on any atom is 0.515 e. The van der Waals surface area contributed by atoms with Crippen molar-refractivity contribution >= 4 is 18.6 Å². The van der Waals surface area contributed by atoms with E-state index < -0.39 is 24.2 Å². The van der Waals surface area contributed by atoms with Crippen LogP contribution in [0.5, 0.6) is 0 Å². The zero-order valence-corrected chi connectivity index (χ0v) is 11.9. The van der Waals surface area contributed by atoms with E-state index in [0.717, 1.165) is 0 Å². The van der Waals surface area contributed by atoms with Crippen LogP contribution in [-0.2, 0) is 9.31 Å². The van der Waals surface area contributed by atoms with Gasteiger partial charge in [0.05, 0.1) is 22.4 Å². The predicted octanol–water partition coefficient (Wildman–Crippen LogP) is 0.351. The highest BCUT2D eigenvalue weighted by Gasteiger charge is 2.53. The van der Waals surface area contributed by atoms with Crippen molar-refractivity contribution in [2.45, 2.75) is 38.9 Å². The summed E-state index contributed by atoms with van der Waals surface area (Å²) in [5.74, 6) is -0.660. The molecule has 2 heterocycles. The molecule has 2 N–H and O–H groups in total. The smallest absolute Gasteiger partial charge is 0.398 e. The van der Waals surface area contributed by atoms with Gasteiger partial charge in [-0.25, -0.2) is 0 Å². The van der Waals surface area contributed by atoms with Crippen molar-refractivity contribution in [3.63, 3.8) is 0 Å². The lowest BCUT2D eigenvalue weighted by Crippen LogP contribution is -2.41. The zero-order valence-electron chi connectivity index (χ0n) is 11.9. The van der Waals surface area contributed by atoms with Gasteiger partial charge in [0.15, 0.2) is 0 Å². The normalized spacial score (nSPS) is 19.6. The van der Waals surface area contributed by atoms with Crippen molar-refractivity contribution < 1.29 is 14.1 Å². The molecule has 1 aliphatic rings. The average Bonchev–Trinajstić information content (AvgIpc) is 2.57. The summed E-state index contributed by atoms with van der Waals surface area (Å²) in [6.45, 7) is 7.60. The van der Waals surface area contributed by atoms with Crippen molar-refractivity contribution in [3.05, 3.63) is 23.4 Å². The molecular weight excluding hydrogens is 257 g/mol. The monoisotopic (exact) mass is 273 g/mol. The summed E-state index contributed by atoms with van der Waals surface area (Å²) >= 11 is 0. The summed E-state index contributed by atoms with van der Waals surface area (Å²) in [6, 6.07) is 4.92. The number of nitrogens with zero attached hydrogens (tertiary/aromatic N) is 2. The molecule has 20 heavy (non-hydrogen) atoms. The first-order chi connectivity index (χ1) is 9.18. The van der Waals surface area contributed by atoms with Crippen LogP contribution in [0.3, 0.4) is 0 Å². The van der Waals surface area contributed by atoms with Crippen LogP contribution in [0.25, 0.3) is 0 Å². The van der Waals surface area contributed by atoms with Crippen LogP contribution in [0.1, 0.15) is 43.7 Å². The van der Waals surface area contributed by atoms with E-state index in [-0.39, 0.29) is 11.3 Å². The molecule has 104 valence electrons. The van der Waals surface area contributed by atoms with Gasteiger partial charge in [-0.3, -0.25) is 9.78 Å². The number of pyridine rings is 1. The van der Waals surface area contributed by atoms with Gasteiger partial charge in [-0.2, -0.15) is 5.26 Å². The molecule has 1 aliphatic heterocycles. The number of carbonyl (C=O) groups is 1. The van der Waals surface area contributed by atoms with Crippen LogP contribution in [-0.4, -0.2) is 29.2 Å². The summed E-state index contributed by atoms with van der Waals surface area (Å²) < 4.78 is 11.7. The maximum atomic E-state index is 11.2. The molecule has 0 aliphatic carbocycles. The Bertz CT molecular complexity index is 591. The van der Waals surface area contributed by atoms with Crippen molar-refractivity contribution in [2.75, 3.05) is 0 Å². The molecule has 1 aromatic heterocycles. The third-order valence-corrected chi connectivity index (χ3v) is 3.77.